The first-order chi connectivity index (χ1) is 29.3. The van der Waals surface area contributed by atoms with Crippen LogP contribution in [0.15, 0.2) is 36.5 Å². The van der Waals surface area contributed by atoms with Crippen molar-refractivity contribution in [3.8, 4) is 0 Å². The summed E-state index contributed by atoms with van der Waals surface area (Å²) in [5, 5.41) is 74.5. The molecule has 1 amide bonds. The molecule has 0 aromatic heterocycles. The van der Waals surface area contributed by atoms with Crippen LogP contribution in [0.4, 0.5) is 0 Å². The van der Waals surface area contributed by atoms with E-state index in [4.69, 9.17) is 9.05 Å². The number of carbonyl (C=O) groups excluding carboxylic acids is 1. The normalized spacial score (nSPS) is 23.5. The fraction of sp³-hybridized carbons (Fsp3) is 0.851. The van der Waals surface area contributed by atoms with Crippen LogP contribution in [0.5, 0.6) is 0 Å². The monoisotopic (exact) mass is 890 g/mol. The molecule has 1 aliphatic carbocycles. The molecule has 14 heteroatoms. The minimum atomic E-state index is -5.14. The molecule has 0 aromatic rings. The van der Waals surface area contributed by atoms with Gasteiger partial charge in [-0.25, -0.2) is 4.57 Å². The van der Waals surface area contributed by atoms with Crippen molar-refractivity contribution >= 4 is 13.7 Å². The number of phosphoric acid groups is 1. The lowest BCUT2D eigenvalue weighted by Crippen LogP contribution is -2.64. The van der Waals surface area contributed by atoms with Crippen molar-refractivity contribution in [1.82, 2.24) is 5.32 Å². The van der Waals surface area contributed by atoms with Crippen LogP contribution in [0.2, 0.25) is 0 Å². The molecule has 0 saturated heterocycles. The summed E-state index contributed by atoms with van der Waals surface area (Å²) in [6.45, 7) is 3.71. The van der Waals surface area contributed by atoms with Crippen LogP contribution in [-0.4, -0.2) is 108 Å². The summed E-state index contributed by atoms with van der Waals surface area (Å²) < 4.78 is 22.9. The Morgan fingerprint density at radius 3 is 1.48 bits per heavy atom. The van der Waals surface area contributed by atoms with E-state index in [-0.39, 0.29) is 6.42 Å². The number of allylic oxidation sites excluding steroid dienone is 5. The van der Waals surface area contributed by atoms with Gasteiger partial charge in [0.25, 0.3) is 0 Å². The zero-order valence-corrected chi connectivity index (χ0v) is 38.7. The van der Waals surface area contributed by atoms with Gasteiger partial charge < -0.3 is 46.0 Å². The molecule has 0 aliphatic heterocycles. The van der Waals surface area contributed by atoms with Crippen LogP contribution < -0.4 is 5.32 Å². The topological polar surface area (TPSA) is 226 Å². The Bertz CT molecular complexity index is 1190. The second kappa shape index (κ2) is 36.8. The van der Waals surface area contributed by atoms with Crippen LogP contribution >= 0.6 is 7.82 Å². The lowest BCUT2D eigenvalue weighted by Gasteiger charge is -2.41. The second-order valence-corrected chi connectivity index (χ2v) is 18.6. The van der Waals surface area contributed by atoms with E-state index in [2.05, 4.69) is 43.5 Å². The molecule has 0 spiro atoms. The van der Waals surface area contributed by atoms with Gasteiger partial charge in [-0.2, -0.15) is 0 Å². The Morgan fingerprint density at radius 1 is 0.590 bits per heavy atom. The van der Waals surface area contributed by atoms with E-state index in [1.54, 1.807) is 6.08 Å². The Hall–Kier alpha value is -1.48. The molecular weight excluding hydrogens is 801 g/mol. The Balaban J connectivity index is 2.53. The number of unbranched alkanes of at least 4 members (excludes halogenated alkanes) is 23. The minimum absolute atomic E-state index is 0.249. The molecule has 1 saturated carbocycles. The van der Waals surface area contributed by atoms with E-state index in [1.807, 2.05) is 0 Å². The number of rotatable bonds is 39. The lowest BCUT2D eigenvalue weighted by molar-refractivity contribution is -0.220. The van der Waals surface area contributed by atoms with E-state index in [1.165, 1.54) is 109 Å². The average Bonchev–Trinajstić information content (AvgIpc) is 3.23. The van der Waals surface area contributed by atoms with Gasteiger partial charge in [0.05, 0.1) is 31.3 Å². The predicted octanol–water partition coefficient (Wildman–Crippen LogP) is 8.14. The van der Waals surface area contributed by atoms with Crippen LogP contribution in [0, 0.1) is 0 Å². The average molecular weight is 890 g/mol. The highest BCUT2D eigenvalue weighted by Gasteiger charge is 2.51. The van der Waals surface area contributed by atoms with Crippen molar-refractivity contribution in [3.05, 3.63) is 36.5 Å². The van der Waals surface area contributed by atoms with Gasteiger partial charge in [0.2, 0.25) is 5.91 Å². The second-order valence-electron chi connectivity index (χ2n) is 17.2. The smallest absolute Gasteiger partial charge is 0.393 e. The first-order valence-corrected chi connectivity index (χ1v) is 25.5. The van der Waals surface area contributed by atoms with Gasteiger partial charge >= 0.3 is 7.82 Å². The Morgan fingerprint density at radius 2 is 0.984 bits per heavy atom. The van der Waals surface area contributed by atoms with Crippen LogP contribution in [-0.2, 0) is 18.4 Å². The molecule has 358 valence electrons. The molecular formula is C47H88NO12P. The number of hydrogen-bond donors (Lipinski definition) is 9. The molecule has 8 atom stereocenters. The van der Waals surface area contributed by atoms with E-state index in [9.17, 15) is 50.0 Å². The zero-order valence-electron chi connectivity index (χ0n) is 37.8. The molecule has 13 nitrogen and oxygen atoms in total. The number of phosphoric ester groups is 1. The van der Waals surface area contributed by atoms with Gasteiger partial charge in [0, 0.05) is 0 Å². The van der Waals surface area contributed by atoms with Crippen molar-refractivity contribution in [2.45, 2.75) is 249 Å². The van der Waals surface area contributed by atoms with Crippen molar-refractivity contribution in [2.75, 3.05) is 6.61 Å². The van der Waals surface area contributed by atoms with E-state index < -0.39 is 75.2 Å². The van der Waals surface area contributed by atoms with Crippen LogP contribution in [0.3, 0.4) is 0 Å². The van der Waals surface area contributed by atoms with Gasteiger partial charge in [-0.15, -0.1) is 0 Å². The zero-order chi connectivity index (χ0) is 45.1. The molecule has 1 rings (SSSR count). The molecule has 0 aromatic carbocycles. The molecule has 1 fully saturated rings. The maximum Gasteiger partial charge on any atom is 0.472 e. The van der Waals surface area contributed by atoms with Crippen LogP contribution in [0.1, 0.15) is 194 Å². The molecule has 0 radical (unpaired) electrons. The summed E-state index contributed by atoms with van der Waals surface area (Å²) in [5.74, 6) is -0.598. The fourth-order valence-electron chi connectivity index (χ4n) is 7.53. The highest BCUT2D eigenvalue weighted by Crippen LogP contribution is 2.47. The van der Waals surface area contributed by atoms with Crippen molar-refractivity contribution < 1.29 is 59.0 Å². The largest absolute Gasteiger partial charge is 0.472 e. The predicted molar refractivity (Wildman–Crippen MR) is 243 cm³/mol. The summed E-state index contributed by atoms with van der Waals surface area (Å²) >= 11 is 0. The third-order valence-electron chi connectivity index (χ3n) is 11.5. The first-order valence-electron chi connectivity index (χ1n) is 24.0. The van der Waals surface area contributed by atoms with Crippen molar-refractivity contribution in [3.63, 3.8) is 0 Å². The molecule has 0 heterocycles. The third-order valence-corrected chi connectivity index (χ3v) is 12.5. The third kappa shape index (κ3) is 28.8. The maximum absolute atomic E-state index is 13.0. The van der Waals surface area contributed by atoms with E-state index >= 15 is 0 Å². The van der Waals surface area contributed by atoms with E-state index in [0.717, 1.165) is 57.8 Å². The van der Waals surface area contributed by atoms with Gasteiger partial charge in [-0.05, 0) is 44.9 Å². The van der Waals surface area contributed by atoms with E-state index in [0.29, 0.717) is 12.8 Å². The summed E-state index contributed by atoms with van der Waals surface area (Å²) in [6.07, 6.45) is 27.9. The van der Waals surface area contributed by atoms with Gasteiger partial charge in [-0.3, -0.25) is 13.8 Å². The summed E-state index contributed by atoms with van der Waals surface area (Å²) in [6, 6.07) is -1.24. The number of carbonyl (C=O) groups is 1. The summed E-state index contributed by atoms with van der Waals surface area (Å²) in [5.41, 5.74) is 0. The molecule has 9 N–H and O–H groups in total. The van der Waals surface area contributed by atoms with Crippen molar-refractivity contribution in [2.24, 2.45) is 0 Å². The fourth-order valence-corrected chi connectivity index (χ4v) is 8.49. The Kier molecular flexibility index (Phi) is 34.7. The molecule has 8 unspecified atom stereocenters. The number of hydrogen-bond acceptors (Lipinski definition) is 11. The number of aliphatic hydroxyl groups is 7. The maximum atomic E-state index is 13.0. The molecule has 1 aliphatic rings. The molecule has 0 bridgehead atoms. The van der Waals surface area contributed by atoms with Crippen LogP contribution in [0.25, 0.3) is 0 Å². The first kappa shape index (κ1) is 57.5. The van der Waals surface area contributed by atoms with Gasteiger partial charge in [0.1, 0.15) is 36.6 Å². The number of nitrogens with one attached hydrogen (secondary N) is 1. The SMILES string of the molecule is CCCCC/C=C\C=C/CCCCCCCCCCC(O)CC(=O)NC(COP(=O)(O)OC1C(O)C(O)C(O)C(O)C1O)C(O)/C=C/CCCCCCCCCCCCCC. The highest BCUT2D eigenvalue weighted by atomic mass is 31.2. The number of aliphatic hydroxyl groups excluding tert-OH is 7. The quantitative estimate of drug-likeness (QED) is 0.0123. The minimum Gasteiger partial charge on any atom is -0.393 e. The Labute approximate surface area is 368 Å². The standard InChI is InChI=1S/C47H88NO12P/c1-3-5-7-9-11-13-15-17-19-20-21-22-24-26-28-30-32-34-38(49)36-41(51)48-39(37-59-61(57,58)60-47-45(55)43(53)42(52)44(54)46(47)56)40(50)35-33-31-29-27-25-23-18-16-14-12-10-8-6-4-2/h11,13,15,17,33,35,38-40,42-47,49-50,52-56H,3-10,12,14,16,18-32,34,36-37H2,1-2H3,(H,48,51)(H,57,58)/b13-11-,17-15-,35-33+. The van der Waals surface area contributed by atoms with Crippen molar-refractivity contribution in [1.29, 1.82) is 0 Å². The lowest BCUT2D eigenvalue weighted by atomic mass is 9.85. The summed E-state index contributed by atoms with van der Waals surface area (Å²) in [4.78, 5) is 23.4. The molecule has 61 heavy (non-hydrogen) atoms. The van der Waals surface area contributed by atoms with Gasteiger partial charge in [0.15, 0.2) is 0 Å². The summed E-state index contributed by atoms with van der Waals surface area (Å²) in [7, 11) is -5.14. The number of amides is 1. The van der Waals surface area contributed by atoms with Gasteiger partial charge in [-0.1, -0.05) is 179 Å². The highest BCUT2D eigenvalue weighted by molar-refractivity contribution is 7.47.